The van der Waals surface area contributed by atoms with Gasteiger partial charge in [-0.25, -0.2) is 18.7 Å². The van der Waals surface area contributed by atoms with Crippen LogP contribution < -0.4 is 10.1 Å². The van der Waals surface area contributed by atoms with Gasteiger partial charge in [-0.1, -0.05) is 6.07 Å². The second-order valence-electron chi connectivity index (χ2n) is 5.69. The molecule has 130 valence electrons. The molecule has 25 heavy (non-hydrogen) atoms. The Bertz CT molecular complexity index is 824. The highest BCUT2D eigenvalue weighted by atomic mass is 19.2. The standard InChI is InChI=1S/C18H18F2N4O/c1-13(11-24-8-7-21-12-24)23-10-14-3-2-6-22-18(14)25-15-4-5-16(19)17(20)9-15/h2-9,12-13,23H,10-11H2,1H3/t13-/m1/s1. The van der Waals surface area contributed by atoms with E-state index >= 15 is 0 Å². The molecule has 2 heterocycles. The lowest BCUT2D eigenvalue weighted by molar-refractivity contribution is 0.431. The van der Waals surface area contributed by atoms with E-state index in [1.54, 1.807) is 24.8 Å². The van der Waals surface area contributed by atoms with Crippen LogP contribution in [0.15, 0.2) is 55.2 Å². The number of hydrogen-bond donors (Lipinski definition) is 1. The van der Waals surface area contributed by atoms with Gasteiger partial charge in [0.05, 0.1) is 6.33 Å². The molecule has 0 radical (unpaired) electrons. The lowest BCUT2D eigenvalue weighted by atomic mass is 10.2. The molecule has 0 fully saturated rings. The molecule has 3 rings (SSSR count). The van der Waals surface area contributed by atoms with E-state index in [4.69, 9.17) is 4.74 Å². The van der Waals surface area contributed by atoms with E-state index in [0.717, 1.165) is 24.2 Å². The van der Waals surface area contributed by atoms with Crippen LogP contribution in [-0.4, -0.2) is 20.6 Å². The van der Waals surface area contributed by atoms with Gasteiger partial charge in [0.25, 0.3) is 0 Å². The number of nitrogens with one attached hydrogen (secondary N) is 1. The van der Waals surface area contributed by atoms with E-state index in [-0.39, 0.29) is 11.8 Å². The maximum Gasteiger partial charge on any atom is 0.223 e. The normalized spacial score (nSPS) is 12.1. The number of ether oxygens (including phenoxy) is 1. The fourth-order valence-corrected chi connectivity index (χ4v) is 2.36. The number of benzene rings is 1. The van der Waals surface area contributed by atoms with Crippen LogP contribution in [0.1, 0.15) is 12.5 Å². The van der Waals surface area contributed by atoms with Crippen molar-refractivity contribution in [3.8, 4) is 11.6 Å². The van der Waals surface area contributed by atoms with E-state index in [1.807, 2.05) is 16.8 Å². The molecular weight excluding hydrogens is 326 g/mol. The number of aromatic nitrogens is 3. The molecule has 0 saturated carbocycles. The predicted octanol–water partition coefficient (Wildman–Crippen LogP) is 3.53. The van der Waals surface area contributed by atoms with Crippen molar-refractivity contribution in [1.82, 2.24) is 19.9 Å². The molecule has 1 N–H and O–H groups in total. The molecule has 7 heteroatoms. The van der Waals surface area contributed by atoms with Crippen molar-refractivity contribution in [2.24, 2.45) is 0 Å². The Labute approximate surface area is 144 Å². The summed E-state index contributed by atoms with van der Waals surface area (Å²) in [5.74, 6) is -1.31. The van der Waals surface area contributed by atoms with Gasteiger partial charge in [-0.2, -0.15) is 0 Å². The van der Waals surface area contributed by atoms with Gasteiger partial charge in [-0.05, 0) is 25.1 Å². The van der Waals surface area contributed by atoms with Gasteiger partial charge >= 0.3 is 0 Å². The van der Waals surface area contributed by atoms with Crippen molar-refractivity contribution in [1.29, 1.82) is 0 Å². The SMILES string of the molecule is C[C@H](Cn1ccnc1)NCc1cccnc1Oc1ccc(F)c(F)c1. The highest BCUT2D eigenvalue weighted by Gasteiger charge is 2.10. The predicted molar refractivity (Wildman–Crippen MR) is 89.2 cm³/mol. The molecule has 0 aliphatic heterocycles. The average molecular weight is 344 g/mol. The van der Waals surface area contributed by atoms with Gasteiger partial charge in [0.1, 0.15) is 5.75 Å². The Balaban J connectivity index is 1.65. The average Bonchev–Trinajstić information content (AvgIpc) is 3.10. The first-order valence-corrected chi connectivity index (χ1v) is 7.88. The first-order valence-electron chi connectivity index (χ1n) is 7.88. The zero-order valence-corrected chi connectivity index (χ0v) is 13.7. The summed E-state index contributed by atoms with van der Waals surface area (Å²) in [7, 11) is 0. The third kappa shape index (κ3) is 4.60. The van der Waals surface area contributed by atoms with Crippen LogP contribution in [0.25, 0.3) is 0 Å². The zero-order chi connectivity index (χ0) is 17.6. The van der Waals surface area contributed by atoms with Gasteiger partial charge in [0.15, 0.2) is 11.6 Å². The van der Waals surface area contributed by atoms with E-state index < -0.39 is 11.6 Å². The summed E-state index contributed by atoms with van der Waals surface area (Å²) in [6.45, 7) is 3.37. The van der Waals surface area contributed by atoms with E-state index in [2.05, 4.69) is 22.2 Å². The largest absolute Gasteiger partial charge is 0.439 e. The van der Waals surface area contributed by atoms with Crippen molar-refractivity contribution in [3.05, 3.63) is 72.4 Å². The third-order valence-corrected chi connectivity index (χ3v) is 3.64. The number of hydrogen-bond acceptors (Lipinski definition) is 4. The van der Waals surface area contributed by atoms with Gasteiger partial charge < -0.3 is 14.6 Å². The van der Waals surface area contributed by atoms with Crippen molar-refractivity contribution in [3.63, 3.8) is 0 Å². The third-order valence-electron chi connectivity index (χ3n) is 3.64. The van der Waals surface area contributed by atoms with Gasteiger partial charge in [0.2, 0.25) is 5.88 Å². The molecule has 2 aromatic heterocycles. The minimum atomic E-state index is -0.956. The molecule has 0 unspecified atom stereocenters. The molecule has 5 nitrogen and oxygen atoms in total. The minimum Gasteiger partial charge on any atom is -0.439 e. The van der Waals surface area contributed by atoms with Crippen LogP contribution in [0, 0.1) is 11.6 Å². The van der Waals surface area contributed by atoms with Crippen molar-refractivity contribution in [2.45, 2.75) is 26.1 Å². The lowest BCUT2D eigenvalue weighted by Crippen LogP contribution is -2.29. The van der Waals surface area contributed by atoms with E-state index in [9.17, 15) is 8.78 Å². The second-order valence-corrected chi connectivity index (χ2v) is 5.69. The van der Waals surface area contributed by atoms with Crippen molar-refractivity contribution in [2.75, 3.05) is 0 Å². The molecule has 1 aromatic carbocycles. The Morgan fingerprint density at radius 3 is 2.84 bits per heavy atom. The number of rotatable bonds is 7. The summed E-state index contributed by atoms with van der Waals surface area (Å²) in [6.07, 6.45) is 7.00. The molecule has 0 aliphatic rings. The van der Waals surface area contributed by atoms with Gasteiger partial charge in [-0.3, -0.25) is 0 Å². The fraction of sp³-hybridized carbons (Fsp3) is 0.222. The maximum atomic E-state index is 13.3. The number of nitrogens with zero attached hydrogens (tertiary/aromatic N) is 3. The number of imidazole rings is 1. The minimum absolute atomic E-state index is 0.199. The van der Waals surface area contributed by atoms with Gasteiger partial charge in [-0.15, -0.1) is 0 Å². The second kappa shape index (κ2) is 7.85. The Morgan fingerprint density at radius 2 is 2.08 bits per heavy atom. The van der Waals surface area contributed by atoms with Gasteiger partial charge in [0, 0.05) is 49.4 Å². The summed E-state index contributed by atoms with van der Waals surface area (Å²) in [5, 5.41) is 3.38. The first kappa shape index (κ1) is 17.0. The fourth-order valence-electron chi connectivity index (χ4n) is 2.36. The van der Waals surface area contributed by atoms with Crippen LogP contribution in [0.4, 0.5) is 8.78 Å². The Kier molecular flexibility index (Phi) is 5.35. The number of halogens is 2. The monoisotopic (exact) mass is 344 g/mol. The summed E-state index contributed by atoms with van der Waals surface area (Å²) < 4.78 is 33.9. The quantitative estimate of drug-likeness (QED) is 0.712. The smallest absolute Gasteiger partial charge is 0.223 e. The van der Waals surface area contributed by atoms with E-state index in [0.29, 0.717) is 12.4 Å². The molecule has 0 bridgehead atoms. The molecule has 0 amide bonds. The summed E-state index contributed by atoms with van der Waals surface area (Å²) in [6, 6.07) is 7.27. The summed E-state index contributed by atoms with van der Waals surface area (Å²) >= 11 is 0. The van der Waals surface area contributed by atoms with Crippen molar-refractivity contribution < 1.29 is 13.5 Å². The summed E-state index contributed by atoms with van der Waals surface area (Å²) in [4.78, 5) is 8.20. The first-order chi connectivity index (χ1) is 12.1. The molecule has 0 saturated heterocycles. The Hall–Kier alpha value is -2.80. The van der Waals surface area contributed by atoms with Crippen LogP contribution in [0.5, 0.6) is 11.6 Å². The molecule has 3 aromatic rings. The van der Waals surface area contributed by atoms with Crippen LogP contribution in [0.3, 0.4) is 0 Å². The molecular formula is C18H18F2N4O. The topological polar surface area (TPSA) is 52.0 Å². The lowest BCUT2D eigenvalue weighted by Gasteiger charge is -2.16. The highest BCUT2D eigenvalue weighted by molar-refractivity contribution is 5.32. The molecule has 0 spiro atoms. The molecule has 0 aliphatic carbocycles. The highest BCUT2D eigenvalue weighted by Crippen LogP contribution is 2.24. The van der Waals surface area contributed by atoms with E-state index in [1.165, 1.54) is 6.07 Å². The van der Waals surface area contributed by atoms with Crippen molar-refractivity contribution >= 4 is 0 Å². The zero-order valence-electron chi connectivity index (χ0n) is 13.7. The number of pyridine rings is 1. The van der Waals surface area contributed by atoms with Crippen LogP contribution >= 0.6 is 0 Å². The molecule has 1 atom stereocenters. The van der Waals surface area contributed by atoms with Crippen LogP contribution in [-0.2, 0) is 13.1 Å². The van der Waals surface area contributed by atoms with Crippen LogP contribution in [0.2, 0.25) is 0 Å². The summed E-state index contributed by atoms with van der Waals surface area (Å²) in [5.41, 5.74) is 0.824. The maximum absolute atomic E-state index is 13.3. The Morgan fingerprint density at radius 1 is 1.20 bits per heavy atom.